The number of anilines is 1. The van der Waals surface area contributed by atoms with Gasteiger partial charge in [-0.1, -0.05) is 12.1 Å². The molecule has 25 heavy (non-hydrogen) atoms. The maximum Gasteiger partial charge on any atom is 0.228 e. The second kappa shape index (κ2) is 7.03. The first-order chi connectivity index (χ1) is 11.9. The molecule has 0 bridgehead atoms. The maximum absolute atomic E-state index is 12.6. The number of rotatable bonds is 4. The van der Waals surface area contributed by atoms with Crippen molar-refractivity contribution in [2.75, 3.05) is 30.5 Å². The van der Waals surface area contributed by atoms with Crippen LogP contribution in [0.15, 0.2) is 18.2 Å². The van der Waals surface area contributed by atoms with Crippen LogP contribution in [0.3, 0.4) is 0 Å². The number of hydrogen-bond donors (Lipinski definition) is 2. The Hall–Kier alpha value is -2.09. The minimum absolute atomic E-state index is 0.0883. The molecule has 1 aromatic rings. The highest BCUT2D eigenvalue weighted by Gasteiger charge is 2.33. The van der Waals surface area contributed by atoms with Gasteiger partial charge in [0.15, 0.2) is 0 Å². The molecule has 2 amide bonds. The first kappa shape index (κ1) is 17.7. The first-order valence-electron chi connectivity index (χ1n) is 8.34. The number of benzene rings is 1. The Balaban J connectivity index is 1.68. The fourth-order valence-corrected chi connectivity index (χ4v) is 4.96. The third-order valence-corrected chi connectivity index (χ3v) is 6.58. The summed E-state index contributed by atoms with van der Waals surface area (Å²) in [6, 6.07) is 5.35. The van der Waals surface area contributed by atoms with Gasteiger partial charge in [-0.05, 0) is 30.4 Å². The largest absolute Gasteiger partial charge is 0.495 e. The quantitative estimate of drug-likeness (QED) is 0.830. The molecule has 1 saturated heterocycles. The average molecular weight is 366 g/mol. The molecule has 1 fully saturated rings. The van der Waals surface area contributed by atoms with Gasteiger partial charge in [-0.2, -0.15) is 0 Å². The lowest BCUT2D eigenvalue weighted by molar-refractivity contribution is -0.126. The molecule has 1 aromatic carbocycles. The highest BCUT2D eigenvalue weighted by atomic mass is 32.2. The van der Waals surface area contributed by atoms with Crippen molar-refractivity contribution < 1.29 is 22.7 Å². The zero-order chi connectivity index (χ0) is 18.0. The molecule has 2 aliphatic heterocycles. The summed E-state index contributed by atoms with van der Waals surface area (Å²) < 4.78 is 28.2. The van der Waals surface area contributed by atoms with Crippen molar-refractivity contribution in [1.29, 1.82) is 0 Å². The summed E-state index contributed by atoms with van der Waals surface area (Å²) >= 11 is 0. The van der Waals surface area contributed by atoms with E-state index >= 15 is 0 Å². The molecule has 2 N–H and O–H groups in total. The van der Waals surface area contributed by atoms with Crippen molar-refractivity contribution in [3.63, 3.8) is 0 Å². The summed E-state index contributed by atoms with van der Waals surface area (Å²) in [6.45, 7) is 0.436. The van der Waals surface area contributed by atoms with Gasteiger partial charge in [0.2, 0.25) is 11.8 Å². The number of nitrogens with one attached hydrogen (secondary N) is 2. The van der Waals surface area contributed by atoms with Crippen molar-refractivity contribution >= 4 is 27.3 Å². The first-order valence-corrected chi connectivity index (χ1v) is 10.2. The van der Waals surface area contributed by atoms with Crippen LogP contribution in [0.2, 0.25) is 0 Å². The Morgan fingerprint density at radius 2 is 2.04 bits per heavy atom. The van der Waals surface area contributed by atoms with Crippen LogP contribution in [-0.4, -0.2) is 45.4 Å². The summed E-state index contributed by atoms with van der Waals surface area (Å²) in [5.74, 6) is 0.0547. The lowest BCUT2D eigenvalue weighted by atomic mass is 9.89. The molecule has 0 unspecified atom stereocenters. The zero-order valence-electron chi connectivity index (χ0n) is 14.1. The Labute approximate surface area is 147 Å². The monoisotopic (exact) mass is 366 g/mol. The van der Waals surface area contributed by atoms with E-state index in [-0.39, 0.29) is 35.7 Å². The Kier molecular flexibility index (Phi) is 4.99. The lowest BCUT2D eigenvalue weighted by Gasteiger charge is -2.27. The van der Waals surface area contributed by atoms with E-state index in [1.807, 2.05) is 6.07 Å². The predicted molar refractivity (Wildman–Crippen MR) is 93.4 cm³/mol. The average Bonchev–Trinajstić information content (AvgIpc) is 2.59. The van der Waals surface area contributed by atoms with Gasteiger partial charge >= 0.3 is 0 Å². The molecular formula is C17H22N2O5S. The Morgan fingerprint density at radius 1 is 1.32 bits per heavy atom. The number of amides is 2. The molecule has 2 aliphatic rings. The topological polar surface area (TPSA) is 102 Å². The van der Waals surface area contributed by atoms with Gasteiger partial charge < -0.3 is 15.4 Å². The van der Waals surface area contributed by atoms with Crippen LogP contribution in [0.5, 0.6) is 5.75 Å². The van der Waals surface area contributed by atoms with Gasteiger partial charge in [-0.25, -0.2) is 8.42 Å². The van der Waals surface area contributed by atoms with E-state index in [4.69, 9.17) is 4.74 Å². The van der Waals surface area contributed by atoms with Crippen molar-refractivity contribution in [3.8, 4) is 5.75 Å². The summed E-state index contributed by atoms with van der Waals surface area (Å²) in [7, 11) is -1.39. The van der Waals surface area contributed by atoms with Gasteiger partial charge in [0.05, 0.1) is 30.2 Å². The summed E-state index contributed by atoms with van der Waals surface area (Å²) in [5.41, 5.74) is 1.29. The number of hydrogen-bond acceptors (Lipinski definition) is 5. The molecular weight excluding hydrogens is 344 g/mol. The van der Waals surface area contributed by atoms with Gasteiger partial charge in [-0.3, -0.25) is 9.59 Å². The van der Waals surface area contributed by atoms with Crippen molar-refractivity contribution in [1.82, 2.24) is 5.32 Å². The van der Waals surface area contributed by atoms with E-state index < -0.39 is 15.8 Å². The third kappa shape index (κ3) is 3.95. The number of ether oxygens (including phenoxy) is 1. The second-order valence-electron chi connectivity index (χ2n) is 6.57. The van der Waals surface area contributed by atoms with E-state index in [1.165, 1.54) is 7.11 Å². The van der Waals surface area contributed by atoms with E-state index in [2.05, 4.69) is 10.6 Å². The standard InChI is InChI=1S/C17H22N2O5S/c1-24-14-4-2-3-12-13(9-15(20)19-16(12)14)17(21)18-10-11-5-7-25(22,23)8-6-11/h2-4,11,13H,5-10H2,1H3,(H,18,21)(H,19,20)/t13-/m0/s1. The molecule has 2 heterocycles. The molecule has 136 valence electrons. The lowest BCUT2D eigenvalue weighted by Crippen LogP contribution is -2.39. The fraction of sp³-hybridized carbons (Fsp3) is 0.529. The number of para-hydroxylation sites is 1. The van der Waals surface area contributed by atoms with Crippen molar-refractivity contribution in [3.05, 3.63) is 23.8 Å². The molecule has 7 nitrogen and oxygen atoms in total. The minimum Gasteiger partial charge on any atom is -0.495 e. The van der Waals surface area contributed by atoms with Crippen LogP contribution in [0.4, 0.5) is 5.69 Å². The van der Waals surface area contributed by atoms with Crippen LogP contribution in [0.1, 0.15) is 30.7 Å². The normalized spacial score (nSPS) is 22.6. The molecule has 0 aromatic heterocycles. The second-order valence-corrected chi connectivity index (χ2v) is 8.87. The molecule has 0 spiro atoms. The van der Waals surface area contributed by atoms with Crippen LogP contribution < -0.4 is 15.4 Å². The van der Waals surface area contributed by atoms with Crippen LogP contribution >= 0.6 is 0 Å². The molecule has 0 aliphatic carbocycles. The molecule has 0 radical (unpaired) electrons. The van der Waals surface area contributed by atoms with Crippen molar-refractivity contribution in [2.24, 2.45) is 5.92 Å². The summed E-state index contributed by atoms with van der Waals surface area (Å²) in [5, 5.41) is 5.66. The summed E-state index contributed by atoms with van der Waals surface area (Å²) in [4.78, 5) is 24.6. The zero-order valence-corrected chi connectivity index (χ0v) is 14.9. The van der Waals surface area contributed by atoms with E-state index in [9.17, 15) is 18.0 Å². The van der Waals surface area contributed by atoms with E-state index in [0.29, 0.717) is 30.8 Å². The molecule has 0 saturated carbocycles. The molecule has 3 rings (SSSR count). The number of fused-ring (bicyclic) bond motifs is 1. The molecule has 1 atom stereocenters. The fourth-order valence-electron chi connectivity index (χ4n) is 3.37. The van der Waals surface area contributed by atoms with Crippen LogP contribution in [0, 0.1) is 5.92 Å². The van der Waals surface area contributed by atoms with Crippen LogP contribution in [0.25, 0.3) is 0 Å². The smallest absolute Gasteiger partial charge is 0.228 e. The van der Waals surface area contributed by atoms with Crippen LogP contribution in [-0.2, 0) is 19.4 Å². The highest BCUT2D eigenvalue weighted by molar-refractivity contribution is 7.91. The Morgan fingerprint density at radius 3 is 2.72 bits per heavy atom. The van der Waals surface area contributed by atoms with E-state index in [0.717, 1.165) is 5.56 Å². The predicted octanol–water partition coefficient (Wildman–Crippen LogP) is 1.06. The van der Waals surface area contributed by atoms with Gasteiger partial charge in [0.1, 0.15) is 15.6 Å². The SMILES string of the molecule is COc1cccc2c1NC(=O)C[C@@H]2C(=O)NCC1CCS(=O)(=O)CC1. The number of carbonyl (C=O) groups is 2. The van der Waals surface area contributed by atoms with Crippen molar-refractivity contribution in [2.45, 2.75) is 25.2 Å². The van der Waals surface area contributed by atoms with Gasteiger partial charge in [0, 0.05) is 13.0 Å². The van der Waals surface area contributed by atoms with E-state index in [1.54, 1.807) is 12.1 Å². The van der Waals surface area contributed by atoms with Gasteiger partial charge in [-0.15, -0.1) is 0 Å². The molecule has 8 heteroatoms. The minimum atomic E-state index is -2.91. The third-order valence-electron chi connectivity index (χ3n) is 4.86. The maximum atomic E-state index is 12.6. The number of carbonyl (C=O) groups excluding carboxylic acids is 2. The van der Waals surface area contributed by atoms with Gasteiger partial charge in [0.25, 0.3) is 0 Å². The Bertz CT molecular complexity index is 776. The number of methoxy groups -OCH3 is 1. The summed E-state index contributed by atoms with van der Waals surface area (Å²) in [6.07, 6.45) is 1.22. The number of sulfone groups is 1. The highest BCUT2D eigenvalue weighted by Crippen LogP contribution is 2.38.